The third kappa shape index (κ3) is 5.02. The number of hydrogen-bond donors (Lipinski definition) is 1. The predicted molar refractivity (Wildman–Crippen MR) is 82.9 cm³/mol. The molecule has 1 aromatic rings. The average molecular weight is 345 g/mol. The average Bonchev–Trinajstić information content (AvgIpc) is 2.42. The van der Waals surface area contributed by atoms with Crippen LogP contribution < -0.4 is 5.32 Å². The number of halogens is 5. The van der Waals surface area contributed by atoms with E-state index in [4.69, 9.17) is 0 Å². The van der Waals surface area contributed by atoms with Gasteiger partial charge in [0, 0.05) is 32.2 Å². The molecule has 0 bridgehead atoms. The van der Waals surface area contributed by atoms with Gasteiger partial charge in [0.1, 0.15) is 0 Å². The summed E-state index contributed by atoms with van der Waals surface area (Å²) >= 11 is 0. The molecule has 1 aliphatic rings. The van der Waals surface area contributed by atoms with Crippen LogP contribution in [0.5, 0.6) is 0 Å². The number of benzene rings is 1. The molecule has 0 aromatic heterocycles. The van der Waals surface area contributed by atoms with Gasteiger partial charge >= 0.3 is 0 Å². The SMILES string of the molecule is CCC[C@@H](c1cc(F)c(F)c(F)c1)N1CCNCC1.Cl.Cl. The van der Waals surface area contributed by atoms with Gasteiger partial charge in [0.05, 0.1) is 0 Å². The minimum Gasteiger partial charge on any atom is -0.314 e. The minimum absolute atomic E-state index is 0. The Hall–Kier alpha value is -0.490. The summed E-state index contributed by atoms with van der Waals surface area (Å²) in [5.41, 5.74) is 0.528. The molecular formula is C14H21Cl2F3N2. The molecule has 0 spiro atoms. The third-order valence-electron chi connectivity index (χ3n) is 3.55. The molecule has 1 aromatic carbocycles. The van der Waals surface area contributed by atoms with Crippen LogP contribution in [0, 0.1) is 17.5 Å². The highest BCUT2D eigenvalue weighted by Crippen LogP contribution is 2.28. The fraction of sp³-hybridized carbons (Fsp3) is 0.571. The van der Waals surface area contributed by atoms with E-state index in [1.807, 2.05) is 6.92 Å². The fourth-order valence-corrected chi connectivity index (χ4v) is 2.59. The second kappa shape index (κ2) is 9.51. The van der Waals surface area contributed by atoms with Crippen molar-refractivity contribution in [1.29, 1.82) is 0 Å². The molecule has 2 rings (SSSR count). The normalized spacial score (nSPS) is 16.8. The zero-order valence-corrected chi connectivity index (χ0v) is 13.5. The highest BCUT2D eigenvalue weighted by Gasteiger charge is 2.23. The Kier molecular flexibility index (Phi) is 9.29. The van der Waals surface area contributed by atoms with Crippen molar-refractivity contribution in [3.8, 4) is 0 Å². The first-order valence-corrected chi connectivity index (χ1v) is 6.72. The van der Waals surface area contributed by atoms with Gasteiger partial charge in [-0.25, -0.2) is 13.2 Å². The van der Waals surface area contributed by atoms with Gasteiger partial charge in [-0.3, -0.25) is 4.90 Å². The molecule has 1 heterocycles. The van der Waals surface area contributed by atoms with Crippen LogP contribution in [0.25, 0.3) is 0 Å². The maximum absolute atomic E-state index is 13.4. The highest BCUT2D eigenvalue weighted by atomic mass is 35.5. The van der Waals surface area contributed by atoms with Crippen LogP contribution in [0.4, 0.5) is 13.2 Å². The molecule has 0 aliphatic carbocycles. The summed E-state index contributed by atoms with van der Waals surface area (Å²) in [7, 11) is 0. The molecule has 0 unspecified atom stereocenters. The number of nitrogens with zero attached hydrogens (tertiary/aromatic N) is 1. The van der Waals surface area contributed by atoms with E-state index in [1.54, 1.807) is 0 Å². The van der Waals surface area contributed by atoms with Crippen molar-refractivity contribution in [2.75, 3.05) is 26.2 Å². The zero-order valence-electron chi connectivity index (χ0n) is 11.9. The molecule has 0 radical (unpaired) electrons. The Balaban J connectivity index is 0.00000200. The number of rotatable bonds is 4. The molecule has 0 saturated carbocycles. The summed E-state index contributed by atoms with van der Waals surface area (Å²) in [6, 6.07) is 2.21. The Labute approximate surface area is 135 Å². The number of piperazine rings is 1. The lowest BCUT2D eigenvalue weighted by Gasteiger charge is -2.35. The summed E-state index contributed by atoms with van der Waals surface area (Å²) in [5, 5.41) is 3.25. The second-order valence-electron chi connectivity index (χ2n) is 4.89. The van der Waals surface area contributed by atoms with Gasteiger partial charge in [-0.05, 0) is 24.1 Å². The largest absolute Gasteiger partial charge is 0.314 e. The van der Waals surface area contributed by atoms with Gasteiger partial charge in [0.25, 0.3) is 0 Å². The van der Waals surface area contributed by atoms with Gasteiger partial charge in [0.2, 0.25) is 0 Å². The lowest BCUT2D eigenvalue weighted by molar-refractivity contribution is 0.164. The molecule has 1 saturated heterocycles. The third-order valence-corrected chi connectivity index (χ3v) is 3.55. The van der Waals surface area contributed by atoms with Crippen molar-refractivity contribution in [2.45, 2.75) is 25.8 Å². The van der Waals surface area contributed by atoms with Gasteiger partial charge in [0.15, 0.2) is 17.5 Å². The van der Waals surface area contributed by atoms with E-state index in [-0.39, 0.29) is 30.9 Å². The standard InChI is InChI=1S/C14H19F3N2.2ClH/c1-2-3-13(19-6-4-18-5-7-19)10-8-11(15)14(17)12(16)9-10;;/h8-9,13,18H,2-7H2,1H3;2*1H/t13-;;/m0../s1. The van der Waals surface area contributed by atoms with Gasteiger partial charge in [-0.2, -0.15) is 0 Å². The van der Waals surface area contributed by atoms with Crippen LogP contribution >= 0.6 is 24.8 Å². The van der Waals surface area contributed by atoms with E-state index < -0.39 is 17.5 Å². The van der Waals surface area contributed by atoms with Crippen molar-refractivity contribution in [2.24, 2.45) is 0 Å². The van der Waals surface area contributed by atoms with Crippen molar-refractivity contribution >= 4 is 24.8 Å². The molecule has 122 valence electrons. The summed E-state index contributed by atoms with van der Waals surface area (Å²) in [6.45, 7) is 5.45. The first-order valence-electron chi connectivity index (χ1n) is 6.72. The summed E-state index contributed by atoms with van der Waals surface area (Å²) in [6.07, 6.45) is 1.72. The van der Waals surface area contributed by atoms with Crippen molar-refractivity contribution in [3.05, 3.63) is 35.1 Å². The first-order chi connectivity index (χ1) is 9.13. The summed E-state index contributed by atoms with van der Waals surface area (Å²) in [5.74, 6) is -3.60. The topological polar surface area (TPSA) is 15.3 Å². The van der Waals surface area contributed by atoms with E-state index in [2.05, 4.69) is 10.2 Å². The molecule has 1 atom stereocenters. The smallest absolute Gasteiger partial charge is 0.194 e. The molecule has 1 aliphatic heterocycles. The van der Waals surface area contributed by atoms with E-state index in [0.29, 0.717) is 5.56 Å². The number of hydrogen-bond acceptors (Lipinski definition) is 2. The lowest BCUT2D eigenvalue weighted by Crippen LogP contribution is -2.45. The van der Waals surface area contributed by atoms with Crippen LogP contribution in [-0.4, -0.2) is 31.1 Å². The van der Waals surface area contributed by atoms with Crippen LogP contribution in [0.3, 0.4) is 0 Å². The minimum atomic E-state index is -1.39. The van der Waals surface area contributed by atoms with Crippen LogP contribution in [0.1, 0.15) is 31.4 Å². The molecule has 7 heteroatoms. The van der Waals surface area contributed by atoms with E-state index >= 15 is 0 Å². The molecule has 1 fully saturated rings. The van der Waals surface area contributed by atoms with Gasteiger partial charge in [-0.1, -0.05) is 13.3 Å². The monoisotopic (exact) mass is 344 g/mol. The second-order valence-corrected chi connectivity index (χ2v) is 4.89. The quantitative estimate of drug-likeness (QED) is 0.838. The first kappa shape index (κ1) is 20.5. The van der Waals surface area contributed by atoms with E-state index in [0.717, 1.165) is 51.2 Å². The Morgan fingerprint density at radius 3 is 2.10 bits per heavy atom. The Morgan fingerprint density at radius 2 is 1.62 bits per heavy atom. The van der Waals surface area contributed by atoms with E-state index in [1.165, 1.54) is 0 Å². The molecular weight excluding hydrogens is 324 g/mol. The Morgan fingerprint density at radius 1 is 1.10 bits per heavy atom. The highest BCUT2D eigenvalue weighted by molar-refractivity contribution is 5.85. The van der Waals surface area contributed by atoms with E-state index in [9.17, 15) is 13.2 Å². The summed E-state index contributed by atoms with van der Waals surface area (Å²) in [4.78, 5) is 2.20. The van der Waals surface area contributed by atoms with Gasteiger partial charge in [-0.15, -0.1) is 24.8 Å². The fourth-order valence-electron chi connectivity index (χ4n) is 2.59. The lowest BCUT2D eigenvalue weighted by atomic mass is 9.99. The van der Waals surface area contributed by atoms with Crippen molar-refractivity contribution in [1.82, 2.24) is 10.2 Å². The van der Waals surface area contributed by atoms with Crippen molar-refractivity contribution < 1.29 is 13.2 Å². The maximum atomic E-state index is 13.4. The predicted octanol–water partition coefficient (Wildman–Crippen LogP) is 3.69. The molecule has 21 heavy (non-hydrogen) atoms. The van der Waals surface area contributed by atoms with Crippen molar-refractivity contribution in [3.63, 3.8) is 0 Å². The molecule has 1 N–H and O–H groups in total. The summed E-state index contributed by atoms with van der Waals surface area (Å²) < 4.78 is 39.8. The maximum Gasteiger partial charge on any atom is 0.194 e. The molecule has 0 amide bonds. The van der Waals surface area contributed by atoms with Gasteiger partial charge < -0.3 is 5.32 Å². The van der Waals surface area contributed by atoms with Crippen LogP contribution in [0.2, 0.25) is 0 Å². The zero-order chi connectivity index (χ0) is 13.8. The van der Waals surface area contributed by atoms with Crippen LogP contribution in [0.15, 0.2) is 12.1 Å². The Bertz CT molecular complexity index is 417. The number of nitrogens with one attached hydrogen (secondary N) is 1. The molecule has 2 nitrogen and oxygen atoms in total. The van der Waals surface area contributed by atoms with Crippen LogP contribution in [-0.2, 0) is 0 Å².